The molecule has 6 nitrogen and oxygen atoms in total. The van der Waals surface area contributed by atoms with Crippen LogP contribution in [0.25, 0.3) is 10.9 Å². The van der Waals surface area contributed by atoms with Crippen molar-refractivity contribution >= 4 is 16.8 Å². The Kier molecular flexibility index (Phi) is 6.54. The number of hydrogen-bond donors (Lipinski definition) is 1. The van der Waals surface area contributed by atoms with Crippen LogP contribution in [-0.4, -0.2) is 27.4 Å². The number of benzene rings is 2. The summed E-state index contributed by atoms with van der Waals surface area (Å²) in [5, 5.41) is 0.941. The second-order valence-corrected chi connectivity index (χ2v) is 8.05. The minimum Gasteiger partial charge on any atom is -0.493 e. The molecule has 2 aromatic heterocycles. The van der Waals surface area contributed by atoms with Gasteiger partial charge in [-0.1, -0.05) is 30.3 Å². The maximum absolute atomic E-state index is 13.6. The Morgan fingerprint density at radius 1 is 1.06 bits per heavy atom. The first kappa shape index (κ1) is 22.3. The molecular weight excluding hydrogens is 414 g/mol. The van der Waals surface area contributed by atoms with Crippen molar-refractivity contribution < 1.29 is 9.53 Å². The third-order valence-electron chi connectivity index (χ3n) is 5.79. The van der Waals surface area contributed by atoms with Crippen molar-refractivity contribution in [2.75, 3.05) is 6.61 Å². The Morgan fingerprint density at radius 3 is 2.64 bits per heavy atom. The van der Waals surface area contributed by atoms with Gasteiger partial charge in [0.05, 0.1) is 24.2 Å². The number of hydrogen-bond acceptors (Lipinski definition) is 4. The van der Waals surface area contributed by atoms with E-state index < -0.39 is 0 Å². The van der Waals surface area contributed by atoms with Crippen molar-refractivity contribution in [2.45, 2.75) is 33.9 Å². The minimum absolute atomic E-state index is 0.159. The molecule has 0 saturated heterocycles. The van der Waals surface area contributed by atoms with E-state index in [2.05, 4.69) is 9.97 Å². The van der Waals surface area contributed by atoms with E-state index in [1.807, 2.05) is 63.2 Å². The van der Waals surface area contributed by atoms with E-state index in [0.717, 1.165) is 27.6 Å². The van der Waals surface area contributed by atoms with Gasteiger partial charge in [-0.25, -0.2) is 0 Å². The van der Waals surface area contributed by atoms with Crippen LogP contribution in [0, 0.1) is 13.8 Å². The molecule has 33 heavy (non-hydrogen) atoms. The minimum atomic E-state index is -0.206. The van der Waals surface area contributed by atoms with Crippen molar-refractivity contribution in [1.82, 2.24) is 14.9 Å². The number of rotatable bonds is 7. The van der Waals surface area contributed by atoms with E-state index in [1.54, 1.807) is 29.4 Å². The highest BCUT2D eigenvalue weighted by Gasteiger charge is 2.22. The van der Waals surface area contributed by atoms with Crippen molar-refractivity contribution in [2.24, 2.45) is 0 Å². The van der Waals surface area contributed by atoms with Gasteiger partial charge in [-0.05, 0) is 67.1 Å². The Balaban J connectivity index is 1.74. The summed E-state index contributed by atoms with van der Waals surface area (Å²) in [4.78, 5) is 35.5. The van der Waals surface area contributed by atoms with Gasteiger partial charge in [-0.3, -0.25) is 14.6 Å². The summed E-state index contributed by atoms with van der Waals surface area (Å²) in [6.45, 7) is 6.83. The molecule has 0 atom stereocenters. The molecule has 168 valence electrons. The molecule has 0 bridgehead atoms. The predicted molar refractivity (Wildman–Crippen MR) is 129 cm³/mol. The van der Waals surface area contributed by atoms with Gasteiger partial charge in [0.25, 0.3) is 11.5 Å². The highest BCUT2D eigenvalue weighted by molar-refractivity contribution is 5.97. The number of para-hydroxylation sites is 1. The van der Waals surface area contributed by atoms with Crippen LogP contribution >= 0.6 is 0 Å². The van der Waals surface area contributed by atoms with Gasteiger partial charge in [-0.15, -0.1) is 0 Å². The highest BCUT2D eigenvalue weighted by Crippen LogP contribution is 2.23. The number of nitrogens with one attached hydrogen (secondary N) is 1. The zero-order valence-electron chi connectivity index (χ0n) is 19.1. The average Bonchev–Trinajstić information content (AvgIpc) is 2.83. The first-order valence-electron chi connectivity index (χ1n) is 11.0. The van der Waals surface area contributed by atoms with Gasteiger partial charge in [0.15, 0.2) is 0 Å². The number of aryl methyl sites for hydroxylation is 2. The Labute approximate surface area is 192 Å². The molecular formula is C27H27N3O3. The maximum atomic E-state index is 13.6. The third kappa shape index (κ3) is 4.80. The van der Waals surface area contributed by atoms with Crippen molar-refractivity contribution in [3.8, 4) is 5.75 Å². The molecule has 0 spiro atoms. The summed E-state index contributed by atoms with van der Waals surface area (Å²) in [7, 11) is 0. The van der Waals surface area contributed by atoms with E-state index in [-0.39, 0.29) is 18.0 Å². The van der Waals surface area contributed by atoms with Crippen molar-refractivity contribution in [3.05, 3.63) is 105 Å². The summed E-state index contributed by atoms with van der Waals surface area (Å²) < 4.78 is 5.69. The van der Waals surface area contributed by atoms with E-state index in [1.165, 1.54) is 0 Å². The summed E-state index contributed by atoms with van der Waals surface area (Å²) in [5.74, 6) is 0.321. The summed E-state index contributed by atoms with van der Waals surface area (Å²) in [5.41, 5.74) is 4.66. The lowest BCUT2D eigenvalue weighted by molar-refractivity contribution is 0.0725. The zero-order valence-corrected chi connectivity index (χ0v) is 19.1. The molecule has 0 aliphatic carbocycles. The number of ether oxygens (including phenoxy) is 1. The average molecular weight is 442 g/mol. The topological polar surface area (TPSA) is 75.3 Å². The molecule has 4 aromatic rings. The lowest BCUT2D eigenvalue weighted by Crippen LogP contribution is -2.33. The summed E-state index contributed by atoms with van der Waals surface area (Å²) in [6.07, 6.45) is 3.42. The second-order valence-electron chi connectivity index (χ2n) is 8.05. The highest BCUT2D eigenvalue weighted by atomic mass is 16.5. The quantitative estimate of drug-likeness (QED) is 0.448. The lowest BCUT2D eigenvalue weighted by Gasteiger charge is -2.24. The number of aromatic amines is 1. The number of amides is 1. The molecule has 0 saturated carbocycles. The molecule has 2 heterocycles. The molecule has 6 heteroatoms. The van der Waals surface area contributed by atoms with Gasteiger partial charge < -0.3 is 14.6 Å². The summed E-state index contributed by atoms with van der Waals surface area (Å²) in [6, 6.07) is 16.8. The molecule has 0 fully saturated rings. The van der Waals surface area contributed by atoms with Crippen LogP contribution in [0.3, 0.4) is 0 Å². The van der Waals surface area contributed by atoms with Crippen molar-refractivity contribution in [3.63, 3.8) is 0 Å². The normalized spacial score (nSPS) is 10.9. The van der Waals surface area contributed by atoms with Crippen molar-refractivity contribution in [1.29, 1.82) is 0 Å². The van der Waals surface area contributed by atoms with Crippen LogP contribution < -0.4 is 10.3 Å². The van der Waals surface area contributed by atoms with Gasteiger partial charge >= 0.3 is 0 Å². The smallest absolute Gasteiger partial charge is 0.258 e. The van der Waals surface area contributed by atoms with Gasteiger partial charge in [0.1, 0.15) is 5.75 Å². The van der Waals surface area contributed by atoms with Gasteiger partial charge in [-0.2, -0.15) is 0 Å². The third-order valence-corrected chi connectivity index (χ3v) is 5.79. The number of carbonyl (C=O) groups is 1. The van der Waals surface area contributed by atoms with E-state index >= 15 is 0 Å². The second kappa shape index (κ2) is 9.69. The molecule has 0 unspecified atom stereocenters. The van der Waals surface area contributed by atoms with Crippen LogP contribution in [-0.2, 0) is 13.1 Å². The standard InChI is InChI=1S/C27H27N3O3/c1-4-33-24-10-6-5-9-23(24)27(32)30(16-20-8-7-13-28-15-20)17-22-14-21-12-11-18(2)19(3)25(21)29-26(22)31/h5-15H,4,16-17H2,1-3H3,(H,29,31). The maximum Gasteiger partial charge on any atom is 0.258 e. The Hall–Kier alpha value is -3.93. The van der Waals surface area contributed by atoms with Gasteiger partial charge in [0.2, 0.25) is 0 Å². The molecule has 0 aliphatic heterocycles. The van der Waals surface area contributed by atoms with Gasteiger partial charge in [0, 0.05) is 24.5 Å². The van der Waals surface area contributed by atoms with E-state index in [4.69, 9.17) is 4.74 Å². The van der Waals surface area contributed by atoms with E-state index in [9.17, 15) is 9.59 Å². The first-order chi connectivity index (χ1) is 16.0. The molecule has 1 amide bonds. The SMILES string of the molecule is CCOc1ccccc1C(=O)N(Cc1cccnc1)Cc1cc2ccc(C)c(C)c2[nH]c1=O. The fraction of sp³-hybridized carbons (Fsp3) is 0.222. The zero-order chi connectivity index (χ0) is 23.4. The fourth-order valence-electron chi connectivity index (χ4n) is 3.90. The molecule has 4 rings (SSSR count). The number of H-pyrrole nitrogens is 1. The van der Waals surface area contributed by atoms with Crippen LogP contribution in [0.2, 0.25) is 0 Å². The fourth-order valence-corrected chi connectivity index (χ4v) is 3.90. The van der Waals surface area contributed by atoms with Crippen LogP contribution in [0.15, 0.2) is 71.8 Å². The number of nitrogens with zero attached hydrogens (tertiary/aromatic N) is 2. The largest absolute Gasteiger partial charge is 0.493 e. The number of fused-ring (bicyclic) bond motifs is 1. The van der Waals surface area contributed by atoms with Crippen LogP contribution in [0.5, 0.6) is 5.75 Å². The lowest BCUT2D eigenvalue weighted by atomic mass is 10.0. The molecule has 0 radical (unpaired) electrons. The number of aromatic nitrogens is 2. The molecule has 2 aromatic carbocycles. The molecule has 0 aliphatic rings. The van der Waals surface area contributed by atoms with Crippen LogP contribution in [0.4, 0.5) is 0 Å². The number of carbonyl (C=O) groups excluding carboxylic acids is 1. The predicted octanol–water partition coefficient (Wildman–Crippen LogP) is 4.78. The van der Waals surface area contributed by atoms with E-state index in [0.29, 0.717) is 30.0 Å². The Bertz CT molecular complexity index is 1350. The summed E-state index contributed by atoms with van der Waals surface area (Å²) >= 11 is 0. The monoisotopic (exact) mass is 441 g/mol. The first-order valence-corrected chi connectivity index (χ1v) is 11.0. The van der Waals surface area contributed by atoms with Crippen LogP contribution in [0.1, 0.15) is 39.5 Å². The number of pyridine rings is 2. The Morgan fingerprint density at radius 2 is 1.88 bits per heavy atom. The molecule has 1 N–H and O–H groups in total.